The number of anilines is 1. The number of urea groups is 1. The second-order valence-electron chi connectivity index (χ2n) is 7.75. The van der Waals surface area contributed by atoms with E-state index in [0.717, 1.165) is 12.5 Å². The van der Waals surface area contributed by atoms with Crippen LogP contribution in [0.1, 0.15) is 22.3 Å². The van der Waals surface area contributed by atoms with Crippen LogP contribution in [-0.2, 0) is 6.54 Å². The Bertz CT molecular complexity index is 986. The summed E-state index contributed by atoms with van der Waals surface area (Å²) in [4.78, 5) is 30.2. The van der Waals surface area contributed by atoms with Gasteiger partial charge in [-0.25, -0.2) is 13.6 Å². The van der Waals surface area contributed by atoms with Gasteiger partial charge in [0.25, 0.3) is 0 Å². The van der Waals surface area contributed by atoms with Gasteiger partial charge in [-0.1, -0.05) is 23.7 Å². The lowest BCUT2D eigenvalue weighted by Gasteiger charge is -2.29. The maximum atomic E-state index is 14.7. The zero-order chi connectivity index (χ0) is 22.7. The molecule has 1 saturated heterocycles. The molecule has 1 aliphatic heterocycles. The highest BCUT2D eigenvalue weighted by Gasteiger charge is 2.31. The van der Waals surface area contributed by atoms with Crippen LogP contribution in [0.15, 0.2) is 36.4 Å². The highest BCUT2D eigenvalue weighted by atomic mass is 35.5. The maximum Gasteiger partial charge on any atom is 0.324 e. The molecule has 2 aromatic carbocycles. The van der Waals surface area contributed by atoms with Crippen LogP contribution in [-0.4, -0.2) is 61.4 Å². The highest BCUT2D eigenvalue weighted by molar-refractivity contribution is 6.31. The van der Waals surface area contributed by atoms with Crippen LogP contribution >= 0.6 is 11.6 Å². The number of rotatable bonds is 6. The van der Waals surface area contributed by atoms with E-state index in [9.17, 15) is 18.4 Å². The molecular weight excluding hydrogens is 426 g/mol. The Labute approximate surface area is 185 Å². The summed E-state index contributed by atoms with van der Waals surface area (Å²) in [5.74, 6) is -1.61. The number of hydrogen-bond acceptors (Lipinski definition) is 4. The van der Waals surface area contributed by atoms with E-state index in [4.69, 9.17) is 17.3 Å². The fourth-order valence-electron chi connectivity index (χ4n) is 3.57. The monoisotopic (exact) mass is 450 g/mol. The van der Waals surface area contributed by atoms with Crippen molar-refractivity contribution in [3.05, 3.63) is 64.2 Å². The van der Waals surface area contributed by atoms with Crippen molar-refractivity contribution in [3.8, 4) is 0 Å². The van der Waals surface area contributed by atoms with Crippen molar-refractivity contribution in [1.82, 2.24) is 9.80 Å². The van der Waals surface area contributed by atoms with Gasteiger partial charge in [0, 0.05) is 35.9 Å². The van der Waals surface area contributed by atoms with E-state index in [1.165, 1.54) is 35.2 Å². The average molecular weight is 451 g/mol. The lowest BCUT2D eigenvalue weighted by atomic mass is 10.1. The van der Waals surface area contributed by atoms with Gasteiger partial charge in [0.1, 0.15) is 11.6 Å². The van der Waals surface area contributed by atoms with Gasteiger partial charge in [-0.2, -0.15) is 0 Å². The van der Waals surface area contributed by atoms with Crippen LogP contribution in [0.5, 0.6) is 0 Å². The van der Waals surface area contributed by atoms with E-state index in [-0.39, 0.29) is 47.1 Å². The fraction of sp³-hybridized carbons (Fsp3) is 0.364. The van der Waals surface area contributed by atoms with Crippen molar-refractivity contribution in [3.63, 3.8) is 0 Å². The Hall–Kier alpha value is -2.55. The zero-order valence-corrected chi connectivity index (χ0v) is 18.2. The normalized spacial score (nSPS) is 16.1. The summed E-state index contributed by atoms with van der Waals surface area (Å²) >= 11 is 5.94. The summed E-state index contributed by atoms with van der Waals surface area (Å²) in [5.41, 5.74) is 6.07. The molecule has 2 N–H and O–H groups in total. The number of nitrogens with two attached hydrogens (primary N) is 1. The standard InChI is InChI=1S/C22H25ClF2N4O2/c1-27(2)17-7-8-28(13-17)22(31)29(16-5-6-19(24)18(23)10-16)12-15-4-3-14(9-20(15)25)21(30)11-26/h3-6,9-10,17H,7-8,11-13,26H2,1-2H3/t17-/m1/s1. The van der Waals surface area contributed by atoms with E-state index >= 15 is 0 Å². The molecule has 6 nitrogen and oxygen atoms in total. The molecular formula is C22H25ClF2N4O2. The summed E-state index contributed by atoms with van der Waals surface area (Å²) in [6.07, 6.45) is 0.820. The van der Waals surface area contributed by atoms with Gasteiger partial charge in [0.05, 0.1) is 18.1 Å². The molecule has 9 heteroatoms. The van der Waals surface area contributed by atoms with Crippen LogP contribution in [0.25, 0.3) is 0 Å². The first-order valence-electron chi connectivity index (χ1n) is 9.91. The Balaban J connectivity index is 1.92. The number of likely N-dealkylation sites (tertiary alicyclic amines) is 1. The van der Waals surface area contributed by atoms with Crippen LogP contribution in [0.2, 0.25) is 5.02 Å². The third-order valence-electron chi connectivity index (χ3n) is 5.50. The highest BCUT2D eigenvalue weighted by Crippen LogP contribution is 2.27. The molecule has 1 aliphatic rings. The molecule has 3 rings (SSSR count). The molecule has 1 fully saturated rings. The topological polar surface area (TPSA) is 69.9 Å². The van der Waals surface area contributed by atoms with E-state index < -0.39 is 11.6 Å². The van der Waals surface area contributed by atoms with Gasteiger partial charge in [-0.3, -0.25) is 9.69 Å². The maximum absolute atomic E-state index is 14.7. The minimum atomic E-state index is -0.627. The molecule has 2 aromatic rings. The van der Waals surface area contributed by atoms with Crippen molar-refractivity contribution in [2.45, 2.75) is 19.0 Å². The SMILES string of the molecule is CN(C)[C@@H]1CCN(C(=O)N(Cc2ccc(C(=O)CN)cc2F)c2ccc(F)c(Cl)c2)C1. The minimum absolute atomic E-state index is 0.104. The molecule has 0 spiro atoms. The Kier molecular flexibility index (Phi) is 7.25. The predicted molar refractivity (Wildman–Crippen MR) is 116 cm³/mol. The molecule has 1 atom stereocenters. The van der Waals surface area contributed by atoms with Gasteiger partial charge in [-0.15, -0.1) is 0 Å². The molecule has 0 aromatic heterocycles. The van der Waals surface area contributed by atoms with Gasteiger partial charge in [0.15, 0.2) is 5.78 Å². The lowest BCUT2D eigenvalue weighted by molar-refractivity contribution is 0.100. The van der Waals surface area contributed by atoms with Crippen LogP contribution < -0.4 is 10.6 Å². The Morgan fingerprint density at radius 3 is 2.48 bits per heavy atom. The Morgan fingerprint density at radius 2 is 1.90 bits per heavy atom. The van der Waals surface area contributed by atoms with Gasteiger partial charge in [-0.05, 0) is 44.8 Å². The molecule has 0 bridgehead atoms. The number of hydrogen-bond donors (Lipinski definition) is 1. The molecule has 0 radical (unpaired) electrons. The Morgan fingerprint density at radius 1 is 1.16 bits per heavy atom. The number of halogens is 3. The molecule has 1 heterocycles. The molecule has 0 aliphatic carbocycles. The third kappa shape index (κ3) is 5.20. The molecule has 31 heavy (non-hydrogen) atoms. The zero-order valence-electron chi connectivity index (χ0n) is 17.4. The number of likely N-dealkylation sites (N-methyl/N-ethyl adjacent to an activating group) is 1. The van der Waals surface area contributed by atoms with Crippen molar-refractivity contribution in [1.29, 1.82) is 0 Å². The fourth-order valence-corrected chi connectivity index (χ4v) is 3.74. The van der Waals surface area contributed by atoms with E-state index in [1.54, 1.807) is 4.90 Å². The predicted octanol–water partition coefficient (Wildman–Crippen LogP) is 3.52. The van der Waals surface area contributed by atoms with Crippen LogP contribution in [0.4, 0.5) is 19.3 Å². The first kappa shape index (κ1) is 23.1. The third-order valence-corrected chi connectivity index (χ3v) is 5.79. The van der Waals surface area contributed by atoms with Crippen LogP contribution in [0.3, 0.4) is 0 Å². The smallest absolute Gasteiger partial charge is 0.324 e. The van der Waals surface area contributed by atoms with Crippen molar-refractivity contribution in [2.75, 3.05) is 38.6 Å². The molecule has 0 unspecified atom stereocenters. The number of Topliss-reactive ketones (excluding diaryl/α,β-unsaturated/α-hetero) is 1. The second kappa shape index (κ2) is 9.72. The number of ketones is 1. The molecule has 2 amide bonds. The first-order valence-corrected chi connectivity index (χ1v) is 10.3. The minimum Gasteiger partial charge on any atom is -0.324 e. The van der Waals surface area contributed by atoms with Crippen molar-refractivity contribution >= 4 is 29.1 Å². The number of carbonyl (C=O) groups is 2. The molecule has 166 valence electrons. The second-order valence-corrected chi connectivity index (χ2v) is 8.16. The summed E-state index contributed by atoms with van der Waals surface area (Å²) in [6.45, 7) is 0.759. The van der Waals surface area contributed by atoms with Gasteiger partial charge in [0.2, 0.25) is 0 Å². The number of amides is 2. The summed E-state index contributed by atoms with van der Waals surface area (Å²) in [6, 6.07) is 7.89. The van der Waals surface area contributed by atoms with Crippen molar-refractivity contribution in [2.24, 2.45) is 5.73 Å². The first-order chi connectivity index (χ1) is 14.7. The van der Waals surface area contributed by atoms with E-state index in [0.29, 0.717) is 18.8 Å². The van der Waals surface area contributed by atoms with E-state index in [2.05, 4.69) is 4.90 Å². The number of benzene rings is 2. The average Bonchev–Trinajstić information content (AvgIpc) is 3.24. The lowest BCUT2D eigenvalue weighted by Crippen LogP contribution is -2.43. The quantitative estimate of drug-likeness (QED) is 0.684. The summed E-state index contributed by atoms with van der Waals surface area (Å²) in [7, 11) is 3.91. The summed E-state index contributed by atoms with van der Waals surface area (Å²) < 4.78 is 28.4. The summed E-state index contributed by atoms with van der Waals surface area (Å²) in [5, 5.41) is -0.132. The van der Waals surface area contributed by atoms with E-state index in [1.807, 2.05) is 14.1 Å². The van der Waals surface area contributed by atoms with Crippen molar-refractivity contribution < 1.29 is 18.4 Å². The number of carbonyl (C=O) groups excluding carboxylic acids is 2. The van der Waals surface area contributed by atoms with Gasteiger partial charge >= 0.3 is 6.03 Å². The van der Waals surface area contributed by atoms with Gasteiger partial charge < -0.3 is 15.5 Å². The number of nitrogens with zero attached hydrogens (tertiary/aromatic N) is 3. The van der Waals surface area contributed by atoms with Crippen LogP contribution in [0, 0.1) is 11.6 Å². The largest absolute Gasteiger partial charge is 0.324 e. The molecule has 0 saturated carbocycles.